The Hall–Kier alpha value is -0.340. The van der Waals surface area contributed by atoms with Crippen molar-refractivity contribution in [1.82, 2.24) is 5.32 Å². The van der Waals surface area contributed by atoms with Crippen molar-refractivity contribution in [2.45, 2.75) is 26.2 Å². The van der Waals surface area contributed by atoms with Crippen LogP contribution >= 0.6 is 11.3 Å². The lowest BCUT2D eigenvalue weighted by molar-refractivity contribution is 0.374. The Morgan fingerprint density at radius 3 is 2.85 bits per heavy atom. The van der Waals surface area contributed by atoms with Crippen LogP contribution in [0.15, 0.2) is 11.4 Å². The molecule has 0 aromatic carbocycles. The van der Waals surface area contributed by atoms with Gasteiger partial charge in [-0.15, -0.1) is 11.3 Å². The maximum absolute atomic E-state index is 3.41. The van der Waals surface area contributed by atoms with Gasteiger partial charge in [0.15, 0.2) is 0 Å². The molecule has 0 spiro atoms. The molecule has 0 amide bonds. The highest BCUT2D eigenvalue weighted by Gasteiger charge is 2.13. The number of thiophene rings is 1. The second kappa shape index (κ2) is 4.25. The van der Waals surface area contributed by atoms with Crippen LogP contribution in [0, 0.1) is 12.8 Å². The number of aryl methyl sites for hydroxylation is 1. The highest BCUT2D eigenvalue weighted by molar-refractivity contribution is 7.10. The Morgan fingerprint density at radius 2 is 2.23 bits per heavy atom. The van der Waals surface area contributed by atoms with Crippen LogP contribution in [-0.2, 0) is 6.42 Å². The van der Waals surface area contributed by atoms with Gasteiger partial charge in [-0.1, -0.05) is 0 Å². The molecule has 0 unspecified atom stereocenters. The average Bonchev–Trinajstić information content (AvgIpc) is 2.53. The summed E-state index contributed by atoms with van der Waals surface area (Å²) in [7, 11) is 0. The topological polar surface area (TPSA) is 12.0 Å². The maximum Gasteiger partial charge on any atom is 0.00507 e. The molecule has 2 rings (SSSR count). The van der Waals surface area contributed by atoms with Crippen molar-refractivity contribution in [1.29, 1.82) is 0 Å². The largest absolute Gasteiger partial charge is 0.317 e. The summed E-state index contributed by atoms with van der Waals surface area (Å²) in [5.74, 6) is 0.930. The predicted molar refractivity (Wildman–Crippen MR) is 58.4 cm³/mol. The van der Waals surface area contributed by atoms with Gasteiger partial charge in [0, 0.05) is 4.88 Å². The summed E-state index contributed by atoms with van der Waals surface area (Å²) in [6.45, 7) is 4.62. The van der Waals surface area contributed by atoms with Crippen molar-refractivity contribution in [2.24, 2.45) is 5.92 Å². The SMILES string of the molecule is Cc1csc(CC2CCNCC2)c1. The van der Waals surface area contributed by atoms with E-state index in [1.165, 1.54) is 37.9 Å². The molecule has 0 aliphatic carbocycles. The van der Waals surface area contributed by atoms with Crippen molar-refractivity contribution in [3.05, 3.63) is 21.9 Å². The number of hydrogen-bond acceptors (Lipinski definition) is 2. The Bertz CT molecular complexity index is 261. The van der Waals surface area contributed by atoms with E-state index >= 15 is 0 Å². The lowest BCUT2D eigenvalue weighted by Gasteiger charge is -2.21. The van der Waals surface area contributed by atoms with Crippen LogP contribution < -0.4 is 5.32 Å². The first-order valence-electron chi connectivity index (χ1n) is 5.09. The zero-order valence-electron chi connectivity index (χ0n) is 8.18. The van der Waals surface area contributed by atoms with Crippen molar-refractivity contribution in [2.75, 3.05) is 13.1 Å². The van der Waals surface area contributed by atoms with Crippen LogP contribution in [0.5, 0.6) is 0 Å². The summed E-state index contributed by atoms with van der Waals surface area (Å²) in [5.41, 5.74) is 1.42. The number of nitrogens with one attached hydrogen (secondary N) is 1. The van der Waals surface area contributed by atoms with Crippen molar-refractivity contribution < 1.29 is 0 Å². The number of rotatable bonds is 2. The Labute approximate surface area is 84.2 Å². The van der Waals surface area contributed by atoms with Gasteiger partial charge in [0.1, 0.15) is 0 Å². The number of piperidine rings is 1. The van der Waals surface area contributed by atoms with Gasteiger partial charge in [-0.3, -0.25) is 0 Å². The van der Waals surface area contributed by atoms with Crippen LogP contribution in [0.2, 0.25) is 0 Å². The van der Waals surface area contributed by atoms with E-state index in [1.807, 2.05) is 11.3 Å². The zero-order chi connectivity index (χ0) is 9.10. The van der Waals surface area contributed by atoms with E-state index < -0.39 is 0 Å². The lowest BCUT2D eigenvalue weighted by atomic mass is 9.94. The minimum Gasteiger partial charge on any atom is -0.317 e. The first-order chi connectivity index (χ1) is 6.34. The summed E-state index contributed by atoms with van der Waals surface area (Å²) in [5, 5.41) is 5.67. The van der Waals surface area contributed by atoms with E-state index in [-0.39, 0.29) is 0 Å². The molecule has 13 heavy (non-hydrogen) atoms. The highest BCUT2D eigenvalue weighted by Crippen LogP contribution is 2.22. The first-order valence-corrected chi connectivity index (χ1v) is 5.97. The third-order valence-corrected chi connectivity index (χ3v) is 3.81. The fourth-order valence-electron chi connectivity index (χ4n) is 1.97. The minimum absolute atomic E-state index is 0.930. The molecule has 72 valence electrons. The third kappa shape index (κ3) is 2.55. The Balaban J connectivity index is 1.89. The van der Waals surface area contributed by atoms with Gasteiger partial charge in [-0.25, -0.2) is 0 Å². The van der Waals surface area contributed by atoms with Gasteiger partial charge >= 0.3 is 0 Å². The maximum atomic E-state index is 3.41. The molecular formula is C11H17NS. The molecule has 0 atom stereocenters. The van der Waals surface area contributed by atoms with Crippen LogP contribution in [-0.4, -0.2) is 13.1 Å². The van der Waals surface area contributed by atoms with E-state index in [0.29, 0.717) is 0 Å². The fraction of sp³-hybridized carbons (Fsp3) is 0.636. The van der Waals surface area contributed by atoms with Gasteiger partial charge in [0.05, 0.1) is 0 Å². The molecule has 1 saturated heterocycles. The van der Waals surface area contributed by atoms with Gasteiger partial charge < -0.3 is 5.32 Å². The standard InChI is InChI=1S/C11H17NS/c1-9-6-11(13-8-9)7-10-2-4-12-5-3-10/h6,8,10,12H,2-5,7H2,1H3. The molecule has 2 heteroatoms. The van der Waals surface area contributed by atoms with Crippen LogP contribution in [0.1, 0.15) is 23.3 Å². The van der Waals surface area contributed by atoms with Crippen molar-refractivity contribution in [3.8, 4) is 0 Å². The van der Waals surface area contributed by atoms with E-state index in [1.54, 1.807) is 4.88 Å². The van der Waals surface area contributed by atoms with Crippen LogP contribution in [0.25, 0.3) is 0 Å². The smallest absolute Gasteiger partial charge is 0.00507 e. The quantitative estimate of drug-likeness (QED) is 0.765. The fourth-order valence-corrected chi connectivity index (χ4v) is 2.96. The monoisotopic (exact) mass is 195 g/mol. The van der Waals surface area contributed by atoms with Gasteiger partial charge in [-0.05, 0) is 62.2 Å². The van der Waals surface area contributed by atoms with E-state index in [2.05, 4.69) is 23.7 Å². The number of hydrogen-bond donors (Lipinski definition) is 1. The first kappa shape index (κ1) is 9.22. The lowest BCUT2D eigenvalue weighted by Crippen LogP contribution is -2.28. The summed E-state index contributed by atoms with van der Waals surface area (Å²) in [6.07, 6.45) is 4.02. The normalized spacial score (nSPS) is 19.2. The second-order valence-corrected chi connectivity index (χ2v) is 4.98. The predicted octanol–water partition coefficient (Wildman–Crippen LogP) is 2.60. The molecule has 1 aliphatic rings. The molecule has 2 heterocycles. The van der Waals surface area contributed by atoms with E-state index in [4.69, 9.17) is 0 Å². The Kier molecular flexibility index (Phi) is 3.01. The summed E-state index contributed by atoms with van der Waals surface area (Å²) in [4.78, 5) is 1.57. The molecular weight excluding hydrogens is 178 g/mol. The van der Waals surface area contributed by atoms with Crippen LogP contribution in [0.3, 0.4) is 0 Å². The summed E-state index contributed by atoms with van der Waals surface area (Å²) in [6, 6.07) is 2.34. The summed E-state index contributed by atoms with van der Waals surface area (Å²) < 4.78 is 0. The average molecular weight is 195 g/mol. The van der Waals surface area contributed by atoms with Crippen LogP contribution in [0.4, 0.5) is 0 Å². The molecule has 1 fully saturated rings. The third-order valence-electron chi connectivity index (χ3n) is 2.73. The minimum atomic E-state index is 0.930. The Morgan fingerprint density at radius 1 is 1.46 bits per heavy atom. The van der Waals surface area contributed by atoms with Gasteiger partial charge in [-0.2, -0.15) is 0 Å². The molecule has 1 aromatic rings. The van der Waals surface area contributed by atoms with Gasteiger partial charge in [0.25, 0.3) is 0 Å². The molecule has 0 radical (unpaired) electrons. The van der Waals surface area contributed by atoms with Crippen molar-refractivity contribution >= 4 is 11.3 Å². The van der Waals surface area contributed by atoms with E-state index in [0.717, 1.165) is 5.92 Å². The van der Waals surface area contributed by atoms with Gasteiger partial charge in [0.2, 0.25) is 0 Å². The molecule has 0 bridgehead atoms. The summed E-state index contributed by atoms with van der Waals surface area (Å²) >= 11 is 1.92. The molecule has 1 aromatic heterocycles. The highest BCUT2D eigenvalue weighted by atomic mass is 32.1. The zero-order valence-corrected chi connectivity index (χ0v) is 8.99. The molecule has 1 nitrogen and oxygen atoms in total. The second-order valence-electron chi connectivity index (χ2n) is 3.99. The van der Waals surface area contributed by atoms with E-state index in [9.17, 15) is 0 Å². The molecule has 1 N–H and O–H groups in total. The van der Waals surface area contributed by atoms with Crippen molar-refractivity contribution in [3.63, 3.8) is 0 Å². The molecule has 1 aliphatic heterocycles. The molecule has 0 saturated carbocycles.